The maximum absolute atomic E-state index is 12.2. The van der Waals surface area contributed by atoms with Gasteiger partial charge in [-0.05, 0) is 19.1 Å². The summed E-state index contributed by atoms with van der Waals surface area (Å²) in [4.78, 5) is 16.5. The Bertz CT molecular complexity index is 832. The van der Waals surface area contributed by atoms with Crippen molar-refractivity contribution in [3.8, 4) is 0 Å². The van der Waals surface area contributed by atoms with Gasteiger partial charge in [-0.15, -0.1) is 0 Å². The van der Waals surface area contributed by atoms with E-state index >= 15 is 0 Å². The molecule has 8 heteroatoms. The standard InChI is InChI=1S/C15H16N6O2/c1-2-20-14(16-9-18-20)11-6-13(22)19-15-12(11)7-17-21(15)8-10-4-3-5-23-10/h3-5,7,9,11H,2,6,8H2,1H3,(H,19,22)/t11-/m0/s1. The van der Waals surface area contributed by atoms with Crippen LogP contribution in [0.1, 0.15) is 36.4 Å². The van der Waals surface area contributed by atoms with Crippen molar-refractivity contribution in [2.75, 3.05) is 5.32 Å². The molecule has 23 heavy (non-hydrogen) atoms. The Morgan fingerprint density at radius 2 is 2.30 bits per heavy atom. The monoisotopic (exact) mass is 312 g/mol. The summed E-state index contributed by atoms with van der Waals surface area (Å²) in [6.45, 7) is 3.18. The number of nitrogens with zero attached hydrogens (tertiary/aromatic N) is 5. The Hall–Kier alpha value is -2.90. The van der Waals surface area contributed by atoms with E-state index in [1.807, 2.05) is 23.7 Å². The van der Waals surface area contributed by atoms with Crippen LogP contribution in [0.3, 0.4) is 0 Å². The first-order chi connectivity index (χ1) is 11.3. The van der Waals surface area contributed by atoms with Crippen LogP contribution in [0, 0.1) is 0 Å². The molecular formula is C15H16N6O2. The van der Waals surface area contributed by atoms with Crippen molar-refractivity contribution >= 4 is 11.7 Å². The van der Waals surface area contributed by atoms with Crippen molar-refractivity contribution in [2.45, 2.75) is 32.4 Å². The Balaban J connectivity index is 1.74. The average molecular weight is 312 g/mol. The van der Waals surface area contributed by atoms with Crippen molar-refractivity contribution in [2.24, 2.45) is 0 Å². The third-order valence-electron chi connectivity index (χ3n) is 4.03. The molecule has 4 heterocycles. The summed E-state index contributed by atoms with van der Waals surface area (Å²) in [5, 5.41) is 11.5. The quantitative estimate of drug-likeness (QED) is 0.790. The molecule has 1 aliphatic heterocycles. The van der Waals surface area contributed by atoms with Gasteiger partial charge < -0.3 is 9.73 Å². The predicted octanol–water partition coefficient (Wildman–Crippen LogP) is 1.61. The number of fused-ring (bicyclic) bond motifs is 1. The lowest BCUT2D eigenvalue weighted by Crippen LogP contribution is -2.26. The van der Waals surface area contributed by atoms with Gasteiger partial charge in [0.25, 0.3) is 0 Å². The highest BCUT2D eigenvalue weighted by Gasteiger charge is 2.32. The third kappa shape index (κ3) is 2.32. The van der Waals surface area contributed by atoms with Crippen LogP contribution in [0.2, 0.25) is 0 Å². The zero-order valence-corrected chi connectivity index (χ0v) is 12.6. The first kappa shape index (κ1) is 13.7. The lowest BCUT2D eigenvalue weighted by Gasteiger charge is -2.22. The van der Waals surface area contributed by atoms with Gasteiger partial charge in [0.05, 0.1) is 18.4 Å². The Labute approximate surface area is 132 Å². The minimum absolute atomic E-state index is 0.0469. The molecule has 0 fully saturated rings. The molecule has 8 nitrogen and oxygen atoms in total. The van der Waals surface area contributed by atoms with Crippen LogP contribution in [0.25, 0.3) is 0 Å². The number of nitrogens with one attached hydrogen (secondary N) is 1. The molecule has 1 N–H and O–H groups in total. The van der Waals surface area contributed by atoms with E-state index in [0.717, 1.165) is 17.1 Å². The number of carbonyl (C=O) groups excluding carboxylic acids is 1. The number of amides is 1. The molecule has 118 valence electrons. The molecule has 1 atom stereocenters. The topological polar surface area (TPSA) is 90.8 Å². The number of hydrogen-bond acceptors (Lipinski definition) is 5. The summed E-state index contributed by atoms with van der Waals surface area (Å²) in [7, 11) is 0. The highest BCUT2D eigenvalue weighted by Crippen LogP contribution is 2.36. The summed E-state index contributed by atoms with van der Waals surface area (Å²) in [5.74, 6) is 2.10. The van der Waals surface area contributed by atoms with E-state index in [-0.39, 0.29) is 11.8 Å². The van der Waals surface area contributed by atoms with Gasteiger partial charge in [0, 0.05) is 18.5 Å². The smallest absolute Gasteiger partial charge is 0.226 e. The molecule has 3 aromatic heterocycles. The van der Waals surface area contributed by atoms with Crippen LogP contribution in [0.5, 0.6) is 0 Å². The van der Waals surface area contributed by atoms with Crippen molar-refractivity contribution in [1.29, 1.82) is 0 Å². The van der Waals surface area contributed by atoms with Gasteiger partial charge in [-0.2, -0.15) is 10.2 Å². The van der Waals surface area contributed by atoms with Gasteiger partial charge in [0.2, 0.25) is 5.91 Å². The first-order valence-electron chi connectivity index (χ1n) is 7.52. The minimum atomic E-state index is -0.133. The van der Waals surface area contributed by atoms with Crippen molar-refractivity contribution in [1.82, 2.24) is 24.5 Å². The van der Waals surface area contributed by atoms with Crippen LogP contribution >= 0.6 is 0 Å². The number of aryl methyl sites for hydroxylation is 1. The largest absolute Gasteiger partial charge is 0.467 e. The lowest BCUT2D eigenvalue weighted by molar-refractivity contribution is -0.116. The van der Waals surface area contributed by atoms with E-state index < -0.39 is 0 Å². The Morgan fingerprint density at radius 1 is 1.39 bits per heavy atom. The van der Waals surface area contributed by atoms with E-state index in [4.69, 9.17) is 4.42 Å². The number of hydrogen-bond donors (Lipinski definition) is 1. The summed E-state index contributed by atoms with van der Waals surface area (Å²) >= 11 is 0. The zero-order valence-electron chi connectivity index (χ0n) is 12.6. The van der Waals surface area contributed by atoms with Gasteiger partial charge in [-0.1, -0.05) is 0 Å². The second-order valence-electron chi connectivity index (χ2n) is 5.42. The molecule has 1 aliphatic rings. The Kier molecular flexibility index (Phi) is 3.22. The summed E-state index contributed by atoms with van der Waals surface area (Å²) in [5.41, 5.74) is 0.957. The van der Waals surface area contributed by atoms with Crippen molar-refractivity contribution in [3.63, 3.8) is 0 Å². The number of furan rings is 1. The van der Waals surface area contributed by atoms with Crippen LogP contribution in [0.15, 0.2) is 35.3 Å². The van der Waals surface area contributed by atoms with Gasteiger partial charge in [0.1, 0.15) is 30.3 Å². The van der Waals surface area contributed by atoms with E-state index in [1.165, 1.54) is 6.33 Å². The normalized spacial score (nSPS) is 17.1. The fourth-order valence-corrected chi connectivity index (χ4v) is 2.96. The first-order valence-corrected chi connectivity index (χ1v) is 7.52. The second kappa shape index (κ2) is 5.38. The van der Waals surface area contributed by atoms with Gasteiger partial charge in [0.15, 0.2) is 0 Å². The van der Waals surface area contributed by atoms with E-state index in [0.29, 0.717) is 25.3 Å². The summed E-state index contributed by atoms with van der Waals surface area (Å²) in [6, 6.07) is 3.71. The van der Waals surface area contributed by atoms with Gasteiger partial charge in [-0.25, -0.2) is 14.3 Å². The Morgan fingerprint density at radius 3 is 3.09 bits per heavy atom. The highest BCUT2D eigenvalue weighted by atomic mass is 16.3. The molecule has 0 aliphatic carbocycles. The maximum atomic E-state index is 12.2. The summed E-state index contributed by atoms with van der Waals surface area (Å²) < 4.78 is 8.92. The molecule has 1 amide bonds. The predicted molar refractivity (Wildman–Crippen MR) is 80.8 cm³/mol. The minimum Gasteiger partial charge on any atom is -0.467 e. The molecule has 3 aromatic rings. The number of rotatable bonds is 4. The highest BCUT2D eigenvalue weighted by molar-refractivity contribution is 5.94. The van der Waals surface area contributed by atoms with Crippen LogP contribution < -0.4 is 5.32 Å². The third-order valence-corrected chi connectivity index (χ3v) is 4.03. The number of carbonyl (C=O) groups is 1. The van der Waals surface area contributed by atoms with Crippen molar-refractivity contribution in [3.05, 3.63) is 48.1 Å². The maximum Gasteiger partial charge on any atom is 0.226 e. The SMILES string of the molecule is CCn1ncnc1[C@H]1CC(=O)Nc2c1cnn2Cc1ccco1. The molecule has 0 saturated carbocycles. The van der Waals surface area contributed by atoms with Crippen LogP contribution in [-0.2, 0) is 17.9 Å². The van der Waals surface area contributed by atoms with Gasteiger partial charge >= 0.3 is 0 Å². The van der Waals surface area contributed by atoms with Crippen LogP contribution in [-0.4, -0.2) is 30.5 Å². The molecular weight excluding hydrogens is 296 g/mol. The molecule has 0 saturated heterocycles. The fourth-order valence-electron chi connectivity index (χ4n) is 2.96. The van der Waals surface area contributed by atoms with E-state index in [9.17, 15) is 4.79 Å². The zero-order chi connectivity index (χ0) is 15.8. The van der Waals surface area contributed by atoms with Crippen molar-refractivity contribution < 1.29 is 9.21 Å². The molecule has 0 radical (unpaired) electrons. The molecule has 0 spiro atoms. The summed E-state index contributed by atoms with van der Waals surface area (Å²) in [6.07, 6.45) is 5.28. The molecule has 4 rings (SSSR count). The fraction of sp³-hybridized carbons (Fsp3) is 0.333. The lowest BCUT2D eigenvalue weighted by atomic mass is 9.93. The number of anilines is 1. The number of aromatic nitrogens is 5. The molecule has 0 aromatic carbocycles. The van der Waals surface area contributed by atoms with E-state index in [1.54, 1.807) is 17.1 Å². The molecule has 0 bridgehead atoms. The van der Waals surface area contributed by atoms with E-state index in [2.05, 4.69) is 20.5 Å². The van der Waals surface area contributed by atoms with Gasteiger partial charge in [-0.3, -0.25) is 4.79 Å². The second-order valence-corrected chi connectivity index (χ2v) is 5.42. The molecule has 0 unspecified atom stereocenters. The average Bonchev–Trinajstić information content (AvgIpc) is 3.28. The van der Waals surface area contributed by atoms with Crippen LogP contribution in [0.4, 0.5) is 5.82 Å².